The number of hydrogen-bond acceptors (Lipinski definition) is 5. The van der Waals surface area contributed by atoms with Gasteiger partial charge in [0.15, 0.2) is 0 Å². The molecule has 0 fully saturated rings. The lowest BCUT2D eigenvalue weighted by molar-refractivity contribution is 0.0692. The van der Waals surface area contributed by atoms with E-state index in [2.05, 4.69) is 26.8 Å². The lowest BCUT2D eigenvalue weighted by Gasteiger charge is -2.10. The molecule has 3 aromatic rings. The zero-order valence-electron chi connectivity index (χ0n) is 14.7. The van der Waals surface area contributed by atoms with Gasteiger partial charge in [-0.1, -0.05) is 30.4 Å². The predicted octanol–water partition coefficient (Wildman–Crippen LogP) is 3.57. The van der Waals surface area contributed by atoms with Gasteiger partial charge >= 0.3 is 5.97 Å². The highest BCUT2D eigenvalue weighted by Gasteiger charge is 2.19. The Balaban J connectivity index is 2.16. The first-order valence-electron chi connectivity index (χ1n) is 8.20. The van der Waals surface area contributed by atoms with Crippen molar-refractivity contribution in [3.05, 3.63) is 70.0 Å². The largest absolute Gasteiger partial charge is 0.478 e. The molecule has 3 rings (SSSR count). The monoisotopic (exact) mass is 396 g/mol. The molecule has 0 aliphatic carbocycles. The van der Waals surface area contributed by atoms with Crippen molar-refractivity contribution in [1.29, 1.82) is 0 Å². The van der Waals surface area contributed by atoms with Gasteiger partial charge in [-0.15, -0.1) is 0 Å². The summed E-state index contributed by atoms with van der Waals surface area (Å²) in [7, 11) is 0. The molecule has 0 atom stereocenters. The Morgan fingerprint density at radius 1 is 1.25 bits per heavy atom. The molecule has 0 aliphatic heterocycles. The van der Waals surface area contributed by atoms with E-state index in [4.69, 9.17) is 22.4 Å². The third-order valence-corrected chi connectivity index (χ3v) is 4.21. The number of carboxylic acid groups (broad SMARTS) is 1. The van der Waals surface area contributed by atoms with Crippen molar-refractivity contribution in [1.82, 2.24) is 15.0 Å². The third-order valence-electron chi connectivity index (χ3n) is 3.91. The van der Waals surface area contributed by atoms with Crippen LogP contribution in [0.25, 0.3) is 11.3 Å². The maximum absolute atomic E-state index is 14.3. The van der Waals surface area contributed by atoms with Crippen LogP contribution in [-0.2, 0) is 6.42 Å². The van der Waals surface area contributed by atoms with Gasteiger partial charge in [-0.2, -0.15) is 0 Å². The number of nitrogen functional groups attached to an aromatic ring is 1. The first kappa shape index (κ1) is 19.3. The molecule has 2 aromatic heterocycles. The van der Waals surface area contributed by atoms with Crippen molar-refractivity contribution in [3.8, 4) is 23.1 Å². The number of nitrogens with zero attached hydrogens (tertiary/aromatic N) is 3. The van der Waals surface area contributed by atoms with Crippen molar-refractivity contribution in [2.24, 2.45) is 0 Å². The van der Waals surface area contributed by atoms with Crippen molar-refractivity contribution in [3.63, 3.8) is 0 Å². The van der Waals surface area contributed by atoms with Crippen LogP contribution in [0.3, 0.4) is 0 Å². The van der Waals surface area contributed by atoms with Gasteiger partial charge < -0.3 is 10.8 Å². The van der Waals surface area contributed by atoms with E-state index in [0.717, 1.165) is 6.07 Å². The van der Waals surface area contributed by atoms with Crippen LogP contribution in [0.2, 0.25) is 5.02 Å². The number of halogens is 2. The van der Waals surface area contributed by atoms with Gasteiger partial charge in [0.05, 0.1) is 22.0 Å². The molecule has 1 aromatic carbocycles. The smallest absolute Gasteiger partial charge is 0.340 e. The van der Waals surface area contributed by atoms with Gasteiger partial charge in [0.25, 0.3) is 0 Å². The summed E-state index contributed by atoms with van der Waals surface area (Å²) in [5.74, 6) is 3.96. The highest BCUT2D eigenvalue weighted by molar-refractivity contribution is 6.33. The Hall–Kier alpha value is -3.50. The van der Waals surface area contributed by atoms with E-state index in [9.17, 15) is 9.18 Å². The Labute approximate surface area is 165 Å². The van der Waals surface area contributed by atoms with E-state index in [1.54, 1.807) is 12.1 Å². The molecule has 0 radical (unpaired) electrons. The second kappa shape index (κ2) is 8.03. The third kappa shape index (κ3) is 3.92. The number of aromatic nitrogens is 3. The van der Waals surface area contributed by atoms with E-state index < -0.39 is 17.3 Å². The lowest BCUT2D eigenvalue weighted by atomic mass is 10.0. The molecular weight excluding hydrogens is 383 g/mol. The Kier molecular flexibility index (Phi) is 5.52. The number of rotatable bonds is 3. The van der Waals surface area contributed by atoms with Gasteiger partial charge in [0.2, 0.25) is 0 Å². The summed E-state index contributed by atoms with van der Waals surface area (Å²) in [4.78, 5) is 23.6. The summed E-state index contributed by atoms with van der Waals surface area (Å²) < 4.78 is 14.3. The molecule has 28 heavy (non-hydrogen) atoms. The SMILES string of the molecule is CCc1ncnc(-c2cc(F)c(C(=O)O)c(Cl)c2)c1C#Cc1ccc(N)nc1. The van der Waals surface area contributed by atoms with Crippen LogP contribution in [-0.4, -0.2) is 26.0 Å². The van der Waals surface area contributed by atoms with Gasteiger partial charge in [-0.25, -0.2) is 24.1 Å². The highest BCUT2D eigenvalue weighted by Crippen LogP contribution is 2.29. The first-order chi connectivity index (χ1) is 13.4. The molecule has 0 spiro atoms. The molecular formula is C20H14ClFN4O2. The van der Waals surface area contributed by atoms with Crippen molar-refractivity contribution in [2.75, 3.05) is 5.73 Å². The van der Waals surface area contributed by atoms with Gasteiger partial charge in [0, 0.05) is 17.3 Å². The van der Waals surface area contributed by atoms with E-state index >= 15 is 0 Å². The lowest BCUT2D eigenvalue weighted by Crippen LogP contribution is -2.04. The summed E-state index contributed by atoms with van der Waals surface area (Å²) >= 11 is 5.97. The maximum atomic E-state index is 14.3. The standard InChI is InChI=1S/C20H14ClFN4O2/c1-2-16-13(5-3-11-4-6-17(23)24-9-11)19(26-10-25-16)12-7-14(21)18(20(27)28)15(22)8-12/h4,6-10H,2H2,1H3,(H2,23,24)(H,27,28). The summed E-state index contributed by atoms with van der Waals surface area (Å²) in [6.45, 7) is 1.91. The first-order valence-corrected chi connectivity index (χ1v) is 8.58. The zero-order chi connectivity index (χ0) is 20.3. The van der Waals surface area contributed by atoms with Gasteiger partial charge in [-0.05, 0) is 30.7 Å². The summed E-state index contributed by atoms with van der Waals surface area (Å²) in [5.41, 5.74) is 7.46. The molecule has 8 heteroatoms. The van der Waals surface area contributed by atoms with E-state index in [1.807, 2.05) is 6.92 Å². The van der Waals surface area contributed by atoms with Gasteiger partial charge in [-0.3, -0.25) is 0 Å². The zero-order valence-corrected chi connectivity index (χ0v) is 15.5. The van der Waals surface area contributed by atoms with Crippen LogP contribution in [0, 0.1) is 17.7 Å². The number of aromatic carboxylic acids is 1. The van der Waals surface area contributed by atoms with Crippen LogP contribution in [0.4, 0.5) is 10.2 Å². The predicted molar refractivity (Wildman–Crippen MR) is 103 cm³/mol. The second-order valence-corrected chi connectivity index (χ2v) is 6.15. The molecule has 0 aliphatic rings. The summed E-state index contributed by atoms with van der Waals surface area (Å²) in [5, 5.41) is 8.87. The number of benzene rings is 1. The van der Waals surface area contributed by atoms with Crippen LogP contribution >= 0.6 is 11.6 Å². The maximum Gasteiger partial charge on any atom is 0.340 e. The van der Waals surface area contributed by atoms with Crippen molar-refractivity contribution < 1.29 is 14.3 Å². The quantitative estimate of drug-likeness (QED) is 0.656. The fraction of sp³-hybridized carbons (Fsp3) is 0.100. The number of hydrogen-bond donors (Lipinski definition) is 2. The normalized spacial score (nSPS) is 10.2. The number of anilines is 1. The van der Waals surface area contributed by atoms with Crippen molar-refractivity contribution in [2.45, 2.75) is 13.3 Å². The average molecular weight is 397 g/mol. The molecule has 0 bridgehead atoms. The van der Waals surface area contributed by atoms with E-state index in [1.165, 1.54) is 18.6 Å². The number of nitrogens with two attached hydrogens (primary N) is 1. The molecule has 0 amide bonds. The molecule has 0 saturated carbocycles. The minimum atomic E-state index is -1.44. The second-order valence-electron chi connectivity index (χ2n) is 5.74. The Bertz CT molecular complexity index is 1100. The average Bonchev–Trinajstić information content (AvgIpc) is 2.66. The van der Waals surface area contributed by atoms with Crippen LogP contribution in [0.5, 0.6) is 0 Å². The number of carboxylic acids is 1. The molecule has 0 unspecified atom stereocenters. The van der Waals surface area contributed by atoms with Crippen LogP contribution in [0.15, 0.2) is 36.8 Å². The highest BCUT2D eigenvalue weighted by atomic mass is 35.5. The van der Waals surface area contributed by atoms with E-state index in [0.29, 0.717) is 40.3 Å². The number of aryl methyl sites for hydroxylation is 1. The molecule has 0 saturated heterocycles. The van der Waals surface area contributed by atoms with Crippen LogP contribution < -0.4 is 5.73 Å². The Morgan fingerprint density at radius 3 is 2.64 bits per heavy atom. The fourth-order valence-corrected chi connectivity index (χ4v) is 2.86. The molecule has 140 valence electrons. The number of carbonyl (C=O) groups is 1. The minimum absolute atomic E-state index is 0.221. The van der Waals surface area contributed by atoms with Crippen LogP contribution in [0.1, 0.15) is 34.1 Å². The fourth-order valence-electron chi connectivity index (χ4n) is 2.57. The summed E-state index contributed by atoms with van der Waals surface area (Å²) in [6.07, 6.45) is 3.46. The molecule has 6 nitrogen and oxygen atoms in total. The van der Waals surface area contributed by atoms with E-state index in [-0.39, 0.29) is 5.02 Å². The number of pyridine rings is 1. The van der Waals surface area contributed by atoms with Gasteiger partial charge in [0.1, 0.15) is 23.5 Å². The topological polar surface area (TPSA) is 102 Å². The Morgan fingerprint density at radius 2 is 2.04 bits per heavy atom. The summed E-state index contributed by atoms with van der Waals surface area (Å²) in [6, 6.07) is 5.79. The minimum Gasteiger partial charge on any atom is -0.478 e. The van der Waals surface area contributed by atoms with Crippen molar-refractivity contribution >= 4 is 23.4 Å². The molecule has 2 heterocycles. The molecule has 3 N–H and O–H groups in total.